The molecule has 4 heterocycles. The van der Waals surface area contributed by atoms with Gasteiger partial charge in [-0.25, -0.2) is 19.7 Å². The molecule has 0 aromatic carbocycles. The average Bonchev–Trinajstić information content (AvgIpc) is 3.02. The Hall–Kier alpha value is -2.20. The lowest BCUT2D eigenvalue weighted by Gasteiger charge is -2.27. The Labute approximate surface area is 173 Å². The molecule has 5 rings (SSSR count). The minimum Gasteiger partial charge on any atom is -0.465 e. The minimum absolute atomic E-state index is 0.213. The number of thiazole rings is 1. The highest BCUT2D eigenvalue weighted by Crippen LogP contribution is 2.63. The highest BCUT2D eigenvalue weighted by atomic mass is 79.9. The van der Waals surface area contributed by atoms with Crippen LogP contribution in [0.1, 0.15) is 17.1 Å². The van der Waals surface area contributed by atoms with Gasteiger partial charge in [-0.2, -0.15) is 0 Å². The predicted octanol–water partition coefficient (Wildman–Crippen LogP) is 2.92. The number of nitrogens with one attached hydrogen (secondary N) is 1. The van der Waals surface area contributed by atoms with Crippen LogP contribution in [0.2, 0.25) is 0 Å². The van der Waals surface area contributed by atoms with E-state index in [2.05, 4.69) is 36.1 Å². The van der Waals surface area contributed by atoms with Crippen molar-refractivity contribution in [1.29, 1.82) is 0 Å². The monoisotopic (exact) mass is 462 g/mol. The molecule has 3 unspecified atom stereocenters. The summed E-state index contributed by atoms with van der Waals surface area (Å²) in [6.45, 7) is 4.10. The maximum atomic E-state index is 11.2. The topological polar surface area (TPSA) is 95.7 Å². The third-order valence-corrected chi connectivity index (χ3v) is 7.74. The molecule has 3 atom stereocenters. The smallest absolute Gasteiger partial charge is 0.404 e. The Morgan fingerprint density at radius 1 is 1.46 bits per heavy atom. The van der Waals surface area contributed by atoms with Crippen LogP contribution in [-0.2, 0) is 5.41 Å². The number of fused-ring (bicyclic) bond motifs is 2. The zero-order chi connectivity index (χ0) is 19.5. The summed E-state index contributed by atoms with van der Waals surface area (Å²) in [5.41, 5.74) is 1.62. The fourth-order valence-corrected chi connectivity index (χ4v) is 6.23. The first kappa shape index (κ1) is 17.9. The second kappa shape index (κ2) is 6.41. The van der Waals surface area contributed by atoms with Crippen LogP contribution in [-0.4, -0.2) is 50.2 Å². The van der Waals surface area contributed by atoms with Crippen LogP contribution in [0.15, 0.2) is 28.4 Å². The van der Waals surface area contributed by atoms with E-state index < -0.39 is 6.09 Å². The molecule has 0 bridgehead atoms. The molecule has 1 amide bonds. The Bertz CT molecular complexity index is 1070. The largest absolute Gasteiger partial charge is 0.465 e. The average molecular weight is 463 g/mol. The van der Waals surface area contributed by atoms with Crippen LogP contribution in [0.5, 0.6) is 0 Å². The van der Waals surface area contributed by atoms with Gasteiger partial charge in [0.25, 0.3) is 0 Å². The number of piperidine rings is 1. The lowest BCUT2D eigenvalue weighted by atomic mass is 10.0. The first-order chi connectivity index (χ1) is 13.5. The number of rotatable bonds is 4. The molecule has 1 aliphatic heterocycles. The standard InChI is InChI=1S/C18H19BrN6O2S/c1-10-8-28-15(23-10)18(9-22-17(26)27)11-2-4-24(7-12(11)18)16-21-6-13(19)14-20-3-5-25(14)16/h3,5-6,8,11-12,22H,2,4,7,9H2,1H3,(H,26,27). The predicted molar refractivity (Wildman–Crippen MR) is 109 cm³/mol. The van der Waals surface area contributed by atoms with Gasteiger partial charge >= 0.3 is 6.09 Å². The number of anilines is 1. The second-order valence-electron chi connectivity index (χ2n) is 7.47. The number of halogens is 1. The molecule has 3 aromatic rings. The molecule has 146 valence electrons. The first-order valence-electron chi connectivity index (χ1n) is 9.12. The third-order valence-electron chi connectivity index (χ3n) is 6.02. The van der Waals surface area contributed by atoms with Crippen LogP contribution in [0, 0.1) is 18.8 Å². The van der Waals surface area contributed by atoms with Crippen molar-refractivity contribution in [3.63, 3.8) is 0 Å². The van der Waals surface area contributed by atoms with Crippen LogP contribution in [0.4, 0.5) is 10.7 Å². The van der Waals surface area contributed by atoms with Gasteiger partial charge in [0.2, 0.25) is 5.95 Å². The van der Waals surface area contributed by atoms with E-state index in [1.54, 1.807) is 23.7 Å². The van der Waals surface area contributed by atoms with Gasteiger partial charge in [-0.15, -0.1) is 11.3 Å². The van der Waals surface area contributed by atoms with Gasteiger partial charge in [-0.05, 0) is 41.1 Å². The van der Waals surface area contributed by atoms with E-state index in [0.717, 1.165) is 46.3 Å². The van der Waals surface area contributed by atoms with E-state index in [1.165, 1.54) is 0 Å². The van der Waals surface area contributed by atoms with Crippen molar-refractivity contribution in [3.05, 3.63) is 39.1 Å². The zero-order valence-electron chi connectivity index (χ0n) is 15.2. The molecule has 3 aromatic heterocycles. The van der Waals surface area contributed by atoms with E-state index in [1.807, 2.05) is 22.9 Å². The summed E-state index contributed by atoms with van der Waals surface area (Å²) >= 11 is 5.14. The summed E-state index contributed by atoms with van der Waals surface area (Å²) in [5, 5.41) is 14.9. The fraction of sp³-hybridized carbons (Fsp3) is 0.444. The Kier molecular flexibility index (Phi) is 4.09. The molecule has 2 fully saturated rings. The van der Waals surface area contributed by atoms with Gasteiger partial charge in [-0.3, -0.25) is 4.40 Å². The molecule has 28 heavy (non-hydrogen) atoms. The highest BCUT2D eigenvalue weighted by Gasteiger charge is 2.68. The summed E-state index contributed by atoms with van der Waals surface area (Å²) in [6.07, 6.45) is 5.49. The minimum atomic E-state index is -0.983. The van der Waals surface area contributed by atoms with Crippen molar-refractivity contribution in [2.45, 2.75) is 18.8 Å². The number of aryl methyl sites for hydroxylation is 1. The van der Waals surface area contributed by atoms with Crippen LogP contribution >= 0.6 is 27.3 Å². The van der Waals surface area contributed by atoms with Gasteiger partial charge in [0, 0.05) is 54.7 Å². The molecule has 10 heteroatoms. The van der Waals surface area contributed by atoms with Crippen molar-refractivity contribution in [2.75, 3.05) is 24.5 Å². The second-order valence-corrected chi connectivity index (χ2v) is 9.18. The lowest BCUT2D eigenvalue weighted by Crippen LogP contribution is -2.35. The van der Waals surface area contributed by atoms with Gasteiger partial charge in [0.1, 0.15) is 5.01 Å². The van der Waals surface area contributed by atoms with E-state index >= 15 is 0 Å². The highest BCUT2D eigenvalue weighted by molar-refractivity contribution is 9.10. The van der Waals surface area contributed by atoms with Crippen molar-refractivity contribution < 1.29 is 9.90 Å². The summed E-state index contributed by atoms with van der Waals surface area (Å²) in [4.78, 5) is 27.2. The zero-order valence-corrected chi connectivity index (χ0v) is 17.6. The molecule has 1 aliphatic carbocycles. The number of aromatic nitrogens is 4. The number of imidazole rings is 1. The Balaban J connectivity index is 1.47. The van der Waals surface area contributed by atoms with E-state index in [0.29, 0.717) is 18.4 Å². The summed E-state index contributed by atoms with van der Waals surface area (Å²) < 4.78 is 2.86. The van der Waals surface area contributed by atoms with Crippen molar-refractivity contribution in [1.82, 2.24) is 24.7 Å². The van der Waals surface area contributed by atoms with E-state index in [9.17, 15) is 9.90 Å². The number of carbonyl (C=O) groups is 1. The number of hydrogen-bond donors (Lipinski definition) is 2. The van der Waals surface area contributed by atoms with Crippen molar-refractivity contribution >= 4 is 45.0 Å². The Morgan fingerprint density at radius 2 is 2.32 bits per heavy atom. The summed E-state index contributed by atoms with van der Waals surface area (Å²) in [5.74, 6) is 1.66. The van der Waals surface area contributed by atoms with E-state index in [4.69, 9.17) is 4.98 Å². The molecule has 2 aliphatic rings. The number of carboxylic acid groups (broad SMARTS) is 1. The first-order valence-corrected chi connectivity index (χ1v) is 10.8. The van der Waals surface area contributed by atoms with Crippen molar-refractivity contribution in [2.24, 2.45) is 11.8 Å². The maximum Gasteiger partial charge on any atom is 0.404 e. The van der Waals surface area contributed by atoms with Crippen LogP contribution in [0.25, 0.3) is 5.65 Å². The van der Waals surface area contributed by atoms with Crippen molar-refractivity contribution in [3.8, 4) is 0 Å². The normalized spacial score (nSPS) is 26.3. The van der Waals surface area contributed by atoms with Crippen LogP contribution < -0.4 is 10.2 Å². The molecule has 1 saturated heterocycles. The van der Waals surface area contributed by atoms with Crippen LogP contribution in [0.3, 0.4) is 0 Å². The van der Waals surface area contributed by atoms with Gasteiger partial charge < -0.3 is 15.3 Å². The third kappa shape index (κ3) is 2.61. The number of nitrogens with zero attached hydrogens (tertiary/aromatic N) is 5. The maximum absolute atomic E-state index is 11.2. The number of hydrogen-bond acceptors (Lipinski definition) is 6. The molecular weight excluding hydrogens is 444 g/mol. The lowest BCUT2D eigenvalue weighted by molar-refractivity contribution is 0.193. The SMILES string of the molecule is Cc1csc(C2(CNC(=O)O)C3CCN(c4ncc(Br)c5nccn45)CC32)n1. The van der Waals surface area contributed by atoms with Gasteiger partial charge in [0.15, 0.2) is 5.65 Å². The van der Waals surface area contributed by atoms with Gasteiger partial charge in [-0.1, -0.05) is 0 Å². The quantitative estimate of drug-likeness (QED) is 0.618. The molecule has 0 spiro atoms. The molecule has 8 nitrogen and oxygen atoms in total. The molecular formula is C18H19BrN6O2S. The molecule has 0 radical (unpaired) electrons. The van der Waals surface area contributed by atoms with E-state index in [-0.39, 0.29) is 5.41 Å². The summed E-state index contributed by atoms with van der Waals surface area (Å²) in [6, 6.07) is 0. The fourth-order valence-electron chi connectivity index (χ4n) is 4.71. The van der Waals surface area contributed by atoms with Gasteiger partial charge in [0.05, 0.1) is 4.47 Å². The Morgan fingerprint density at radius 3 is 3.07 bits per heavy atom. The molecule has 1 saturated carbocycles. The number of amides is 1. The molecule has 2 N–H and O–H groups in total. The summed E-state index contributed by atoms with van der Waals surface area (Å²) in [7, 11) is 0.